The van der Waals surface area contributed by atoms with Crippen LogP contribution in [0.3, 0.4) is 0 Å². The van der Waals surface area contributed by atoms with Crippen molar-refractivity contribution in [3.63, 3.8) is 0 Å². The van der Waals surface area contributed by atoms with Crippen LogP contribution in [0.5, 0.6) is 0 Å². The van der Waals surface area contributed by atoms with Gasteiger partial charge in [-0.05, 0) is 55.7 Å². The Morgan fingerprint density at radius 1 is 0.893 bits per heavy atom. The Hall–Kier alpha value is -3.35. The normalized spacial score (nSPS) is 12.8. The van der Waals surface area contributed by atoms with Crippen LogP contribution in [-0.4, -0.2) is 30.9 Å². The number of nitrogens with one attached hydrogen (secondary N) is 4. The lowest BCUT2D eigenvalue weighted by molar-refractivity contribution is -0.122. The molecule has 0 saturated heterocycles. The smallest absolute Gasteiger partial charge is 0.323 e. The predicted octanol–water partition coefficient (Wildman–Crippen LogP) is 2.90. The zero-order chi connectivity index (χ0) is 19.9. The molecule has 0 bridgehead atoms. The summed E-state index contributed by atoms with van der Waals surface area (Å²) < 4.78 is 0. The fraction of sp³-hybridized carbons (Fsp3) is 0.286. The quantitative estimate of drug-likeness (QED) is 0.556. The van der Waals surface area contributed by atoms with E-state index in [0.29, 0.717) is 24.3 Å². The molecule has 1 aliphatic carbocycles. The summed E-state index contributed by atoms with van der Waals surface area (Å²) in [5, 5.41) is 11.1. The van der Waals surface area contributed by atoms with Crippen molar-refractivity contribution in [2.45, 2.75) is 19.8 Å². The Kier molecular flexibility index (Phi) is 6.26. The molecule has 2 aromatic rings. The van der Waals surface area contributed by atoms with Gasteiger partial charge in [-0.1, -0.05) is 18.2 Å². The molecule has 0 aromatic heterocycles. The van der Waals surface area contributed by atoms with Crippen LogP contribution >= 0.6 is 0 Å². The molecule has 146 valence electrons. The molecule has 0 unspecified atom stereocenters. The molecule has 0 aliphatic heterocycles. The minimum atomic E-state index is -0.349. The highest BCUT2D eigenvalue weighted by Gasteiger charge is 2.28. The molecular formula is C21H24N4O3. The van der Waals surface area contributed by atoms with Crippen molar-refractivity contribution in [1.29, 1.82) is 0 Å². The topological polar surface area (TPSA) is 99.3 Å². The van der Waals surface area contributed by atoms with Gasteiger partial charge in [-0.15, -0.1) is 0 Å². The van der Waals surface area contributed by atoms with Crippen molar-refractivity contribution in [1.82, 2.24) is 10.6 Å². The van der Waals surface area contributed by atoms with Gasteiger partial charge in [-0.2, -0.15) is 0 Å². The standard InChI is InChI=1S/C21H24N4O3/c1-14-4-2-3-5-18(14)25-21(28)24-17-10-8-16(9-11-17)20(27)23-13-12-22-19(26)15-6-7-15/h2-5,8-11,15H,6-7,12-13H2,1H3,(H,22,26)(H,23,27)(H2,24,25,28). The second-order valence-electron chi connectivity index (χ2n) is 6.79. The van der Waals surface area contributed by atoms with Gasteiger partial charge in [-0.25, -0.2) is 4.79 Å². The summed E-state index contributed by atoms with van der Waals surface area (Å²) in [6.07, 6.45) is 1.92. The molecule has 3 rings (SSSR count). The maximum atomic E-state index is 12.1. The number of anilines is 2. The van der Waals surface area contributed by atoms with E-state index in [1.165, 1.54) is 0 Å². The molecule has 4 N–H and O–H groups in total. The largest absolute Gasteiger partial charge is 0.354 e. The minimum absolute atomic E-state index is 0.0636. The van der Waals surface area contributed by atoms with Crippen LogP contribution in [0.15, 0.2) is 48.5 Å². The van der Waals surface area contributed by atoms with Crippen molar-refractivity contribution in [3.8, 4) is 0 Å². The first-order chi connectivity index (χ1) is 13.5. The zero-order valence-electron chi connectivity index (χ0n) is 15.7. The molecule has 1 aliphatic rings. The Balaban J connectivity index is 1.43. The Morgan fingerprint density at radius 2 is 1.57 bits per heavy atom. The molecule has 0 atom stereocenters. The number of para-hydroxylation sites is 1. The van der Waals surface area contributed by atoms with Gasteiger partial charge in [-0.3, -0.25) is 9.59 Å². The zero-order valence-corrected chi connectivity index (χ0v) is 15.7. The van der Waals surface area contributed by atoms with Crippen LogP contribution in [0.2, 0.25) is 0 Å². The monoisotopic (exact) mass is 380 g/mol. The summed E-state index contributed by atoms with van der Waals surface area (Å²) in [7, 11) is 0. The van der Waals surface area contributed by atoms with Gasteiger partial charge in [0.2, 0.25) is 5.91 Å². The van der Waals surface area contributed by atoms with E-state index in [-0.39, 0.29) is 23.8 Å². The van der Waals surface area contributed by atoms with Gasteiger partial charge in [0, 0.05) is 35.9 Å². The maximum Gasteiger partial charge on any atom is 0.323 e. The lowest BCUT2D eigenvalue weighted by Crippen LogP contribution is -2.35. The number of hydrogen-bond donors (Lipinski definition) is 4. The number of carbonyl (C=O) groups excluding carboxylic acids is 3. The molecule has 7 heteroatoms. The SMILES string of the molecule is Cc1ccccc1NC(=O)Nc1ccc(C(=O)NCCNC(=O)C2CC2)cc1. The lowest BCUT2D eigenvalue weighted by atomic mass is 10.2. The maximum absolute atomic E-state index is 12.1. The lowest BCUT2D eigenvalue weighted by Gasteiger charge is -2.10. The molecule has 1 fully saturated rings. The average molecular weight is 380 g/mol. The van der Waals surface area contributed by atoms with Crippen molar-refractivity contribution >= 4 is 29.2 Å². The number of hydrogen-bond acceptors (Lipinski definition) is 3. The number of aryl methyl sites for hydroxylation is 1. The Bertz CT molecular complexity index is 860. The highest BCUT2D eigenvalue weighted by molar-refractivity contribution is 6.00. The number of rotatable bonds is 7. The highest BCUT2D eigenvalue weighted by Crippen LogP contribution is 2.28. The fourth-order valence-corrected chi connectivity index (χ4v) is 2.66. The van der Waals surface area contributed by atoms with Gasteiger partial charge in [0.1, 0.15) is 0 Å². The van der Waals surface area contributed by atoms with Gasteiger partial charge < -0.3 is 21.3 Å². The third kappa shape index (κ3) is 5.57. The first-order valence-corrected chi connectivity index (χ1v) is 9.32. The number of amides is 4. The van der Waals surface area contributed by atoms with Crippen molar-refractivity contribution < 1.29 is 14.4 Å². The van der Waals surface area contributed by atoms with Crippen LogP contribution in [0.25, 0.3) is 0 Å². The summed E-state index contributed by atoms with van der Waals surface area (Å²) in [4.78, 5) is 35.7. The van der Waals surface area contributed by atoms with Gasteiger partial charge >= 0.3 is 6.03 Å². The second-order valence-corrected chi connectivity index (χ2v) is 6.79. The summed E-state index contributed by atoms with van der Waals surface area (Å²) in [5.74, 6) is 0.00369. The molecule has 1 saturated carbocycles. The van der Waals surface area contributed by atoms with E-state index >= 15 is 0 Å². The fourth-order valence-electron chi connectivity index (χ4n) is 2.66. The summed E-state index contributed by atoms with van der Waals surface area (Å²) in [6, 6.07) is 13.8. The van der Waals surface area contributed by atoms with E-state index in [1.807, 2.05) is 31.2 Å². The molecular weight excluding hydrogens is 356 g/mol. The van der Waals surface area contributed by atoms with Crippen molar-refractivity contribution in [3.05, 3.63) is 59.7 Å². The van der Waals surface area contributed by atoms with Gasteiger partial charge in [0.25, 0.3) is 5.91 Å². The minimum Gasteiger partial charge on any atom is -0.354 e. The van der Waals surface area contributed by atoms with Crippen LogP contribution in [0.1, 0.15) is 28.8 Å². The number of carbonyl (C=O) groups is 3. The molecule has 0 radical (unpaired) electrons. The number of urea groups is 1. The molecule has 7 nitrogen and oxygen atoms in total. The van der Waals surface area contributed by atoms with Crippen molar-refractivity contribution in [2.24, 2.45) is 5.92 Å². The Labute approximate surface area is 163 Å². The number of benzene rings is 2. The van der Waals surface area contributed by atoms with Crippen LogP contribution in [-0.2, 0) is 4.79 Å². The van der Waals surface area contributed by atoms with Gasteiger partial charge in [0.15, 0.2) is 0 Å². The van der Waals surface area contributed by atoms with Crippen molar-refractivity contribution in [2.75, 3.05) is 23.7 Å². The molecule has 0 spiro atoms. The third-order valence-electron chi connectivity index (χ3n) is 4.46. The van der Waals surface area contributed by atoms with Gasteiger partial charge in [0.05, 0.1) is 0 Å². The molecule has 0 heterocycles. The van der Waals surface area contributed by atoms with E-state index in [4.69, 9.17) is 0 Å². The van der Waals surface area contributed by atoms with E-state index in [1.54, 1.807) is 24.3 Å². The third-order valence-corrected chi connectivity index (χ3v) is 4.46. The summed E-state index contributed by atoms with van der Waals surface area (Å²) >= 11 is 0. The molecule has 28 heavy (non-hydrogen) atoms. The Morgan fingerprint density at radius 3 is 2.25 bits per heavy atom. The summed E-state index contributed by atoms with van der Waals surface area (Å²) in [5.41, 5.74) is 2.78. The van der Waals surface area contributed by atoms with Crippen LogP contribution < -0.4 is 21.3 Å². The van der Waals surface area contributed by atoms with E-state index in [0.717, 1.165) is 24.1 Å². The van der Waals surface area contributed by atoms with Crippen LogP contribution in [0, 0.1) is 12.8 Å². The molecule has 4 amide bonds. The average Bonchev–Trinajstić information content (AvgIpc) is 3.52. The van der Waals surface area contributed by atoms with E-state index < -0.39 is 0 Å². The molecule has 2 aromatic carbocycles. The predicted molar refractivity (Wildman–Crippen MR) is 108 cm³/mol. The van der Waals surface area contributed by atoms with E-state index in [9.17, 15) is 14.4 Å². The van der Waals surface area contributed by atoms with E-state index in [2.05, 4.69) is 21.3 Å². The highest BCUT2D eigenvalue weighted by atomic mass is 16.2. The van der Waals surface area contributed by atoms with Crippen LogP contribution in [0.4, 0.5) is 16.2 Å². The summed E-state index contributed by atoms with van der Waals surface area (Å²) in [6.45, 7) is 2.70. The first kappa shape index (κ1) is 19.4. The first-order valence-electron chi connectivity index (χ1n) is 9.32. The second kappa shape index (κ2) is 9.03.